The Hall–Kier alpha value is -6.76. The summed E-state index contributed by atoms with van der Waals surface area (Å²) in [5.74, 6) is -0.262. The van der Waals surface area contributed by atoms with E-state index in [0.717, 1.165) is 69.1 Å². The summed E-state index contributed by atoms with van der Waals surface area (Å²) in [7, 11) is -5.84. The van der Waals surface area contributed by atoms with Crippen molar-refractivity contribution >= 4 is 110 Å². The van der Waals surface area contributed by atoms with E-state index in [1.54, 1.807) is 59.4 Å². The second-order valence-corrected chi connectivity index (χ2v) is 21.0. The van der Waals surface area contributed by atoms with Crippen LogP contribution in [0.15, 0.2) is 135 Å². The fraction of sp³-hybridized carbons (Fsp3) is 0.111. The number of rotatable bonds is 14. The van der Waals surface area contributed by atoms with Crippen LogP contribution in [0, 0.1) is 6.92 Å². The van der Waals surface area contributed by atoms with Crippen molar-refractivity contribution in [2.45, 2.75) is 28.2 Å². The highest BCUT2D eigenvalue weighted by Gasteiger charge is 2.30. The molecule has 4 heterocycles. The molecule has 0 radical (unpaired) electrons. The molecule has 2 unspecified atom stereocenters. The molecular weight excluding hydrogens is 941 g/mol. The topological polar surface area (TPSA) is 214 Å². The van der Waals surface area contributed by atoms with Gasteiger partial charge in [0.05, 0.1) is 53.4 Å². The number of hydrogen-bond donors (Lipinski definition) is 2. The Morgan fingerprint density at radius 3 is 1.96 bits per heavy atom. The van der Waals surface area contributed by atoms with E-state index in [1.807, 2.05) is 90.9 Å². The summed E-state index contributed by atoms with van der Waals surface area (Å²) in [6, 6.07) is 33.9. The molecule has 0 fully saturated rings. The molecule has 0 bridgehead atoms. The number of aryl methyl sites for hydroxylation is 1. The molecule has 2 atom stereocenters. The van der Waals surface area contributed by atoms with Gasteiger partial charge >= 0.3 is 0 Å². The minimum Gasteiger partial charge on any atom is -0.306 e. The smallest absolute Gasteiger partial charge is 0.297 e. The van der Waals surface area contributed by atoms with E-state index >= 15 is 0 Å². The van der Waals surface area contributed by atoms with Gasteiger partial charge in [-0.25, -0.2) is 8.42 Å². The van der Waals surface area contributed by atoms with E-state index in [4.69, 9.17) is 4.18 Å². The van der Waals surface area contributed by atoms with Crippen molar-refractivity contribution in [3.8, 4) is 11.4 Å². The lowest BCUT2D eigenvalue weighted by molar-refractivity contribution is 0.396. The highest BCUT2D eigenvalue weighted by Crippen LogP contribution is 2.38. The van der Waals surface area contributed by atoms with Crippen molar-refractivity contribution in [3.63, 3.8) is 0 Å². The lowest BCUT2D eigenvalue weighted by Gasteiger charge is -2.09. The lowest BCUT2D eigenvalue weighted by Crippen LogP contribution is -2.06. The fourth-order valence-corrected chi connectivity index (χ4v) is 11.2. The Labute approximate surface area is 385 Å². The van der Waals surface area contributed by atoms with Crippen LogP contribution in [0.25, 0.3) is 67.1 Å². The zero-order chi connectivity index (χ0) is 46.7. The minimum atomic E-state index is -4.23. The van der Waals surface area contributed by atoms with Crippen LogP contribution in [-0.4, -0.2) is 76.7 Å². The van der Waals surface area contributed by atoms with Gasteiger partial charge in [-0.15, -0.1) is 18.5 Å². The minimum absolute atomic E-state index is 0.0388. The molecule has 0 spiro atoms. The Morgan fingerprint density at radius 1 is 0.597 bits per heavy atom. The van der Waals surface area contributed by atoms with Gasteiger partial charge in [-0.3, -0.25) is 8.37 Å². The maximum atomic E-state index is 13.4. The molecule has 18 nitrogen and oxygen atoms in total. The van der Waals surface area contributed by atoms with E-state index < -0.39 is 42.4 Å². The molecule has 0 aliphatic rings. The fourth-order valence-electron chi connectivity index (χ4n) is 8.66. The van der Waals surface area contributed by atoms with Crippen LogP contribution < -0.4 is 0 Å². The van der Waals surface area contributed by atoms with Crippen LogP contribution in [0.5, 0.6) is 0 Å². The number of fused-ring (bicyclic) bond motifs is 12. The van der Waals surface area contributed by atoms with Crippen LogP contribution in [0.2, 0.25) is 0 Å². The first kappa shape index (κ1) is 42.8. The molecule has 340 valence electrons. The molecule has 67 heavy (non-hydrogen) atoms. The Morgan fingerprint density at radius 2 is 1.24 bits per heavy atom. The highest BCUT2D eigenvalue weighted by atomic mass is 32.2. The summed E-state index contributed by atoms with van der Waals surface area (Å²) in [5.41, 5.74) is 8.96. The van der Waals surface area contributed by atoms with E-state index in [9.17, 15) is 34.4 Å². The van der Waals surface area contributed by atoms with Crippen LogP contribution in [-0.2, 0) is 62.3 Å². The highest BCUT2D eigenvalue weighted by molar-refractivity contribution is 7.87. The molecule has 11 aromatic rings. The SMILES string of the molecule is COS(=O)(=O)c1ccc2c(ccc3c2n2n(-c4ccc(N=Nc5ccc(C=Cc6ccc(-n7n8c9cc(CS(=O)O)c%10ccccc%10c9n78)cc6S(=O)(=O)OC)c(CS(=O)O)c5)c(C)c4)n32)c1. The van der Waals surface area contributed by atoms with Gasteiger partial charge in [-0.05, 0) is 112 Å². The van der Waals surface area contributed by atoms with Crippen molar-refractivity contribution in [3.05, 3.63) is 143 Å². The zero-order valence-electron chi connectivity index (χ0n) is 35.4. The van der Waals surface area contributed by atoms with Gasteiger partial charge in [0.25, 0.3) is 20.2 Å². The summed E-state index contributed by atoms with van der Waals surface area (Å²) in [4.78, 5) is 3.76. The van der Waals surface area contributed by atoms with E-state index in [1.165, 1.54) is 12.1 Å². The lowest BCUT2D eigenvalue weighted by atomic mass is 10.0. The number of azo groups is 1. The summed E-state index contributed by atoms with van der Waals surface area (Å²) < 4.78 is 112. The Balaban J connectivity index is 0.862. The van der Waals surface area contributed by atoms with E-state index in [0.29, 0.717) is 39.3 Å². The second-order valence-electron chi connectivity index (χ2n) is 15.8. The molecule has 2 N–H and O–H groups in total. The number of benzene rings is 7. The van der Waals surface area contributed by atoms with Crippen LogP contribution in [0.3, 0.4) is 0 Å². The second kappa shape index (κ2) is 15.7. The van der Waals surface area contributed by atoms with Crippen LogP contribution >= 0.6 is 0 Å². The summed E-state index contributed by atoms with van der Waals surface area (Å²) >= 11 is -4.26. The third kappa shape index (κ3) is 7.11. The zero-order valence-corrected chi connectivity index (χ0v) is 38.7. The van der Waals surface area contributed by atoms with Crippen molar-refractivity contribution in [2.75, 3.05) is 14.2 Å². The van der Waals surface area contributed by atoms with Crippen LogP contribution in [0.4, 0.5) is 11.4 Å². The van der Waals surface area contributed by atoms with Crippen LogP contribution in [0.1, 0.15) is 27.8 Å². The van der Waals surface area contributed by atoms with Gasteiger partial charge in [-0.2, -0.15) is 36.7 Å². The monoisotopic (exact) mass is 976 g/mol. The average molecular weight is 977 g/mol. The van der Waals surface area contributed by atoms with E-state index in [-0.39, 0.29) is 21.3 Å². The van der Waals surface area contributed by atoms with E-state index in [2.05, 4.69) is 14.4 Å². The van der Waals surface area contributed by atoms with Crippen molar-refractivity contribution in [2.24, 2.45) is 10.2 Å². The van der Waals surface area contributed by atoms with Crippen molar-refractivity contribution < 1.29 is 42.7 Å². The third-order valence-electron chi connectivity index (χ3n) is 11.9. The quantitative estimate of drug-likeness (QED) is 0.0459. The first-order chi connectivity index (χ1) is 32.2. The first-order valence-electron chi connectivity index (χ1n) is 20.3. The summed E-state index contributed by atoms with van der Waals surface area (Å²) in [5, 5.41) is 12.3. The Bertz CT molecular complexity index is 4150. The molecule has 11 rings (SSSR count). The van der Waals surface area contributed by atoms with Gasteiger partial charge in [-0.1, -0.05) is 60.7 Å². The molecule has 7 aromatic carbocycles. The molecule has 0 saturated heterocycles. The summed E-state index contributed by atoms with van der Waals surface area (Å²) in [6.45, 7) is 1.91. The van der Waals surface area contributed by atoms with Crippen molar-refractivity contribution in [1.29, 1.82) is 0 Å². The molecule has 0 aliphatic carbocycles. The van der Waals surface area contributed by atoms with Crippen molar-refractivity contribution in [1.82, 2.24) is 28.1 Å². The predicted molar refractivity (Wildman–Crippen MR) is 254 cm³/mol. The number of aromatic nitrogens is 6. The van der Waals surface area contributed by atoms with Gasteiger partial charge < -0.3 is 9.11 Å². The molecule has 0 aliphatic heterocycles. The summed E-state index contributed by atoms with van der Waals surface area (Å²) in [6.07, 6.45) is 3.26. The third-order valence-corrected chi connectivity index (χ3v) is 15.6. The number of nitrogens with zero attached hydrogens (tertiary/aromatic N) is 8. The normalized spacial score (nSPS) is 14.1. The van der Waals surface area contributed by atoms with Gasteiger partial charge in [0.15, 0.2) is 22.2 Å². The first-order valence-corrected chi connectivity index (χ1v) is 25.7. The van der Waals surface area contributed by atoms with Gasteiger partial charge in [0, 0.05) is 10.8 Å². The Kier molecular flexibility index (Phi) is 10.0. The average Bonchev–Trinajstić information content (AvgIpc) is 4.18. The maximum absolute atomic E-state index is 13.4. The van der Waals surface area contributed by atoms with Gasteiger partial charge in [0.1, 0.15) is 27.0 Å². The molecule has 22 heteroatoms. The maximum Gasteiger partial charge on any atom is 0.297 e. The largest absolute Gasteiger partial charge is 0.306 e. The molecule has 0 saturated carbocycles. The predicted octanol–water partition coefficient (Wildman–Crippen LogP) is 8.47. The van der Waals surface area contributed by atoms with Gasteiger partial charge in [0.2, 0.25) is 0 Å². The molecule has 4 aromatic heterocycles. The standard InChI is InChI=1S/C45H36N8O10S4/c1-27-20-34(48-50-41-19-12-30-22-36(66(58,59)62-2)16-17-38(30)44(41)52(48)50)15-18-40(27)47-46-33-13-10-28(31(21-33)25-64(54)55)8-9-29-11-14-35(24-43(29)67(60,61)63-3)49-51-42-23-32(26-65(56)57)37-6-4-5-7-39(37)45(42)53(49)51/h4-24H,25-26H2,1-3H3,(H,54,55)(H,56,57). The molecular formula is C45H36N8O10S4. The number of hydrogen-bond acceptors (Lipinski definition) is 10. The molecule has 0 amide bonds.